The number of hydrogen-bond acceptors (Lipinski definition) is 3. The third-order valence-corrected chi connectivity index (χ3v) is 3.88. The molecule has 2 N–H and O–H groups in total. The van der Waals surface area contributed by atoms with Gasteiger partial charge in [-0.25, -0.2) is 0 Å². The predicted molar refractivity (Wildman–Crippen MR) is 57.0 cm³/mol. The lowest BCUT2D eigenvalue weighted by Crippen LogP contribution is -2.29. The summed E-state index contributed by atoms with van der Waals surface area (Å²) in [6, 6.07) is 0.592. The van der Waals surface area contributed by atoms with E-state index in [0.717, 1.165) is 16.6 Å². The first-order chi connectivity index (χ1) is 6.22. The van der Waals surface area contributed by atoms with Crippen LogP contribution in [0.25, 0.3) is 0 Å². The van der Waals surface area contributed by atoms with Gasteiger partial charge in [-0.2, -0.15) is 16.9 Å². The van der Waals surface area contributed by atoms with Gasteiger partial charge in [0.15, 0.2) is 0 Å². The van der Waals surface area contributed by atoms with E-state index in [1.807, 2.05) is 18.7 Å². The minimum absolute atomic E-state index is 0.592. The van der Waals surface area contributed by atoms with E-state index in [2.05, 4.69) is 16.0 Å². The molecular weight excluding hydrogens is 182 g/mol. The number of nitrogens with zero attached hydrogens (tertiary/aromatic N) is 2. The summed E-state index contributed by atoms with van der Waals surface area (Å²) in [4.78, 5) is 0. The lowest BCUT2D eigenvalue weighted by atomic mass is 9.92. The van der Waals surface area contributed by atoms with Crippen molar-refractivity contribution in [3.8, 4) is 0 Å². The number of nitrogens with two attached hydrogens (primary N) is 1. The highest BCUT2D eigenvalue weighted by molar-refractivity contribution is 7.99. The van der Waals surface area contributed by atoms with Crippen LogP contribution in [0, 0.1) is 6.92 Å². The molecule has 1 heterocycles. The topological polar surface area (TPSA) is 43.8 Å². The van der Waals surface area contributed by atoms with Crippen molar-refractivity contribution in [1.29, 1.82) is 0 Å². The van der Waals surface area contributed by atoms with Crippen LogP contribution in [0.5, 0.6) is 0 Å². The van der Waals surface area contributed by atoms with Gasteiger partial charge in [-0.05, 0) is 26.0 Å². The SMILES string of the molecule is CSC1CC(n2ncc(N)c2C)C1. The summed E-state index contributed by atoms with van der Waals surface area (Å²) in [5.74, 6) is 0. The predicted octanol–water partition coefficient (Wildman–Crippen LogP) is 1.84. The molecule has 1 aliphatic carbocycles. The van der Waals surface area contributed by atoms with E-state index in [1.54, 1.807) is 6.20 Å². The Kier molecular flexibility index (Phi) is 2.24. The zero-order valence-corrected chi connectivity index (χ0v) is 8.84. The van der Waals surface area contributed by atoms with E-state index in [9.17, 15) is 0 Å². The van der Waals surface area contributed by atoms with E-state index in [1.165, 1.54) is 12.8 Å². The van der Waals surface area contributed by atoms with Gasteiger partial charge < -0.3 is 5.73 Å². The Morgan fingerprint density at radius 3 is 2.77 bits per heavy atom. The molecule has 0 spiro atoms. The van der Waals surface area contributed by atoms with Crippen LogP contribution in [0.4, 0.5) is 5.69 Å². The van der Waals surface area contributed by atoms with Crippen molar-refractivity contribution in [3.05, 3.63) is 11.9 Å². The molecule has 1 fully saturated rings. The van der Waals surface area contributed by atoms with Crippen LogP contribution in [0.2, 0.25) is 0 Å². The minimum atomic E-state index is 0.592. The first kappa shape index (κ1) is 8.94. The molecule has 0 radical (unpaired) electrons. The second-order valence-electron chi connectivity index (χ2n) is 3.61. The van der Waals surface area contributed by atoms with Gasteiger partial charge in [0, 0.05) is 5.25 Å². The first-order valence-electron chi connectivity index (χ1n) is 4.54. The molecule has 72 valence electrons. The quantitative estimate of drug-likeness (QED) is 0.786. The number of anilines is 1. The molecule has 0 saturated heterocycles. The Hall–Kier alpha value is -0.640. The van der Waals surface area contributed by atoms with Gasteiger partial charge in [0.05, 0.1) is 23.6 Å². The van der Waals surface area contributed by atoms with E-state index in [-0.39, 0.29) is 0 Å². The highest BCUT2D eigenvalue weighted by atomic mass is 32.2. The fourth-order valence-corrected chi connectivity index (χ4v) is 2.56. The molecule has 0 unspecified atom stereocenters. The summed E-state index contributed by atoms with van der Waals surface area (Å²) in [7, 11) is 0. The zero-order valence-electron chi connectivity index (χ0n) is 8.03. The molecule has 1 saturated carbocycles. The largest absolute Gasteiger partial charge is 0.396 e. The maximum Gasteiger partial charge on any atom is 0.0730 e. The Labute approximate surface area is 82.7 Å². The van der Waals surface area contributed by atoms with Crippen LogP contribution < -0.4 is 5.73 Å². The van der Waals surface area contributed by atoms with Crippen LogP contribution >= 0.6 is 11.8 Å². The molecule has 0 amide bonds. The monoisotopic (exact) mass is 197 g/mol. The average Bonchev–Trinajstić information content (AvgIpc) is 2.34. The van der Waals surface area contributed by atoms with Crippen LogP contribution in [0.3, 0.4) is 0 Å². The summed E-state index contributed by atoms with van der Waals surface area (Å²) in [6.07, 6.45) is 6.40. The molecule has 2 rings (SSSR count). The van der Waals surface area contributed by atoms with E-state index in [4.69, 9.17) is 5.73 Å². The summed E-state index contributed by atoms with van der Waals surface area (Å²) in [5.41, 5.74) is 7.66. The minimum Gasteiger partial charge on any atom is -0.396 e. The number of thioether (sulfide) groups is 1. The van der Waals surface area contributed by atoms with Gasteiger partial charge in [-0.15, -0.1) is 0 Å². The molecule has 1 aromatic rings. The highest BCUT2D eigenvalue weighted by Gasteiger charge is 2.31. The molecule has 3 nitrogen and oxygen atoms in total. The van der Waals surface area contributed by atoms with Gasteiger partial charge in [0.25, 0.3) is 0 Å². The molecule has 0 bridgehead atoms. The van der Waals surface area contributed by atoms with Crippen molar-refractivity contribution in [2.24, 2.45) is 0 Å². The Bertz CT molecular complexity index is 302. The van der Waals surface area contributed by atoms with E-state index in [0.29, 0.717) is 6.04 Å². The normalized spacial score (nSPS) is 27.2. The van der Waals surface area contributed by atoms with Gasteiger partial charge >= 0.3 is 0 Å². The van der Waals surface area contributed by atoms with Crippen LogP contribution in [-0.2, 0) is 0 Å². The Balaban J connectivity index is 2.07. The number of hydrogen-bond donors (Lipinski definition) is 1. The molecule has 4 heteroatoms. The fraction of sp³-hybridized carbons (Fsp3) is 0.667. The summed E-state index contributed by atoms with van der Waals surface area (Å²) >= 11 is 1.95. The average molecular weight is 197 g/mol. The number of rotatable bonds is 2. The van der Waals surface area contributed by atoms with E-state index < -0.39 is 0 Å². The van der Waals surface area contributed by atoms with Crippen LogP contribution in [0.15, 0.2) is 6.20 Å². The molecule has 13 heavy (non-hydrogen) atoms. The lowest BCUT2D eigenvalue weighted by Gasteiger charge is -2.34. The molecule has 0 atom stereocenters. The summed E-state index contributed by atoms with van der Waals surface area (Å²) in [5, 5.41) is 5.12. The van der Waals surface area contributed by atoms with Crippen molar-refractivity contribution in [2.75, 3.05) is 12.0 Å². The zero-order chi connectivity index (χ0) is 9.42. The van der Waals surface area contributed by atoms with Gasteiger partial charge in [-0.1, -0.05) is 0 Å². The van der Waals surface area contributed by atoms with Crippen molar-refractivity contribution >= 4 is 17.4 Å². The van der Waals surface area contributed by atoms with E-state index >= 15 is 0 Å². The maximum atomic E-state index is 5.74. The standard InChI is InChI=1S/C9H15N3S/c1-6-9(10)5-11-12(6)7-3-8(4-7)13-2/h5,7-8H,3-4,10H2,1-2H3. The van der Waals surface area contributed by atoms with Crippen molar-refractivity contribution in [1.82, 2.24) is 9.78 Å². The molecule has 0 aromatic carbocycles. The van der Waals surface area contributed by atoms with Gasteiger partial charge in [0.1, 0.15) is 0 Å². The van der Waals surface area contributed by atoms with Gasteiger partial charge in [-0.3, -0.25) is 4.68 Å². The van der Waals surface area contributed by atoms with Crippen LogP contribution in [-0.4, -0.2) is 21.3 Å². The second kappa shape index (κ2) is 3.25. The third-order valence-electron chi connectivity index (χ3n) is 2.83. The number of nitrogen functional groups attached to an aromatic ring is 1. The summed E-state index contributed by atoms with van der Waals surface area (Å²) in [6.45, 7) is 2.04. The van der Waals surface area contributed by atoms with Crippen LogP contribution in [0.1, 0.15) is 24.6 Å². The van der Waals surface area contributed by atoms with Crippen molar-refractivity contribution in [3.63, 3.8) is 0 Å². The maximum absolute atomic E-state index is 5.74. The molecule has 0 aliphatic heterocycles. The Morgan fingerprint density at radius 1 is 1.62 bits per heavy atom. The number of aromatic nitrogens is 2. The van der Waals surface area contributed by atoms with Crippen molar-refractivity contribution < 1.29 is 0 Å². The smallest absolute Gasteiger partial charge is 0.0730 e. The first-order valence-corrected chi connectivity index (χ1v) is 5.83. The van der Waals surface area contributed by atoms with Crippen molar-refractivity contribution in [2.45, 2.75) is 31.1 Å². The molecular formula is C9H15N3S. The summed E-state index contributed by atoms with van der Waals surface area (Å²) < 4.78 is 2.07. The highest BCUT2D eigenvalue weighted by Crippen LogP contribution is 2.39. The Morgan fingerprint density at radius 2 is 2.31 bits per heavy atom. The second-order valence-corrected chi connectivity index (χ2v) is 4.75. The molecule has 1 aliphatic rings. The lowest BCUT2D eigenvalue weighted by molar-refractivity contribution is 0.296. The molecule has 1 aromatic heterocycles. The van der Waals surface area contributed by atoms with Gasteiger partial charge in [0.2, 0.25) is 0 Å². The third kappa shape index (κ3) is 1.43. The fourth-order valence-electron chi connectivity index (χ4n) is 1.73.